The summed E-state index contributed by atoms with van der Waals surface area (Å²) in [4.78, 5) is 23.7. The van der Waals surface area contributed by atoms with Gasteiger partial charge in [0.15, 0.2) is 11.5 Å². The van der Waals surface area contributed by atoms with Gasteiger partial charge in [0.1, 0.15) is 9.35 Å². The molecule has 3 atom stereocenters. The fourth-order valence-corrected chi connectivity index (χ4v) is 5.45. The molecule has 1 unspecified atom stereocenters. The number of halogens is 1. The Morgan fingerprint density at radius 1 is 1.39 bits per heavy atom. The number of carbonyl (C=O) groups is 1. The van der Waals surface area contributed by atoms with Crippen LogP contribution in [0.5, 0.6) is 0 Å². The van der Waals surface area contributed by atoms with E-state index in [-0.39, 0.29) is 34.6 Å². The van der Waals surface area contributed by atoms with Crippen LogP contribution >= 0.6 is 15.9 Å². The van der Waals surface area contributed by atoms with Crippen molar-refractivity contribution in [2.24, 2.45) is 5.41 Å². The molecule has 1 N–H and O–H groups in total. The monoisotopic (exact) mass is 516 g/mol. The Hall–Kier alpha value is -0.940. The van der Waals surface area contributed by atoms with E-state index in [9.17, 15) is 9.35 Å². The second-order valence-electron chi connectivity index (χ2n) is 9.33. The zero-order valence-corrected chi connectivity index (χ0v) is 21.6. The SMILES string of the molecule is CCOC(=O)c1nc(Br)c(C)nc1N1CCC2(CC1)CO[C@@H](C)[C@@H]2N[S+]([O-])C(C)(C)C. The molecule has 3 heterocycles. The molecular formula is C21H33BrN4O4S. The maximum Gasteiger partial charge on any atom is 0.360 e. The quantitative estimate of drug-likeness (QED) is 0.470. The van der Waals surface area contributed by atoms with E-state index in [0.29, 0.717) is 30.1 Å². The van der Waals surface area contributed by atoms with E-state index in [1.54, 1.807) is 6.92 Å². The maximum atomic E-state index is 12.8. The van der Waals surface area contributed by atoms with Gasteiger partial charge < -0.3 is 18.9 Å². The van der Waals surface area contributed by atoms with Gasteiger partial charge in [-0.05, 0) is 70.3 Å². The minimum absolute atomic E-state index is 0.0111. The molecule has 1 aromatic heterocycles. The predicted molar refractivity (Wildman–Crippen MR) is 125 cm³/mol. The number of piperidine rings is 1. The third kappa shape index (κ3) is 5.19. The van der Waals surface area contributed by atoms with Crippen LogP contribution in [0.2, 0.25) is 0 Å². The van der Waals surface area contributed by atoms with Crippen molar-refractivity contribution in [3.63, 3.8) is 0 Å². The van der Waals surface area contributed by atoms with Gasteiger partial charge in [-0.25, -0.2) is 14.8 Å². The number of esters is 1. The summed E-state index contributed by atoms with van der Waals surface area (Å²) in [6.45, 7) is 13.9. The summed E-state index contributed by atoms with van der Waals surface area (Å²) < 4.78 is 27.6. The van der Waals surface area contributed by atoms with Gasteiger partial charge >= 0.3 is 5.97 Å². The van der Waals surface area contributed by atoms with Gasteiger partial charge in [0, 0.05) is 29.9 Å². The van der Waals surface area contributed by atoms with E-state index in [1.807, 2.05) is 34.6 Å². The Kier molecular flexibility index (Phi) is 7.57. The van der Waals surface area contributed by atoms with Crippen LogP contribution in [0, 0.1) is 12.3 Å². The first-order valence-corrected chi connectivity index (χ1v) is 12.7. The van der Waals surface area contributed by atoms with Gasteiger partial charge in [0.25, 0.3) is 0 Å². The molecule has 1 aromatic rings. The average molecular weight is 517 g/mol. The molecule has 174 valence electrons. The van der Waals surface area contributed by atoms with Crippen LogP contribution in [0.4, 0.5) is 5.82 Å². The summed E-state index contributed by atoms with van der Waals surface area (Å²) in [5, 5.41) is 0. The van der Waals surface area contributed by atoms with E-state index >= 15 is 0 Å². The van der Waals surface area contributed by atoms with Crippen molar-refractivity contribution in [3.8, 4) is 0 Å². The van der Waals surface area contributed by atoms with Crippen LogP contribution in [-0.4, -0.2) is 63.7 Å². The number of rotatable bonds is 5. The number of aromatic nitrogens is 2. The van der Waals surface area contributed by atoms with E-state index in [0.717, 1.165) is 18.5 Å². The molecule has 2 fully saturated rings. The molecule has 31 heavy (non-hydrogen) atoms. The molecule has 0 radical (unpaired) electrons. The number of carbonyl (C=O) groups excluding carboxylic acids is 1. The Morgan fingerprint density at radius 2 is 2.03 bits per heavy atom. The molecule has 2 aliphatic heterocycles. The maximum absolute atomic E-state index is 12.8. The zero-order valence-electron chi connectivity index (χ0n) is 19.2. The lowest BCUT2D eigenvalue weighted by molar-refractivity contribution is 0.0519. The van der Waals surface area contributed by atoms with Gasteiger partial charge in [-0.2, -0.15) is 0 Å². The largest absolute Gasteiger partial charge is 0.598 e. The molecule has 10 heteroatoms. The highest BCUT2D eigenvalue weighted by atomic mass is 79.9. The average Bonchev–Trinajstić information content (AvgIpc) is 2.99. The van der Waals surface area contributed by atoms with Crippen LogP contribution < -0.4 is 9.62 Å². The van der Waals surface area contributed by atoms with Crippen LogP contribution in [0.25, 0.3) is 0 Å². The van der Waals surface area contributed by atoms with Gasteiger partial charge in [-0.15, -0.1) is 4.72 Å². The smallest absolute Gasteiger partial charge is 0.360 e. The van der Waals surface area contributed by atoms with Crippen molar-refractivity contribution in [1.29, 1.82) is 0 Å². The Morgan fingerprint density at radius 3 is 2.61 bits per heavy atom. The molecule has 1 spiro atoms. The number of hydrogen-bond acceptors (Lipinski definition) is 8. The summed E-state index contributed by atoms with van der Waals surface area (Å²) in [5.41, 5.74) is 0.856. The lowest BCUT2D eigenvalue weighted by Crippen LogP contribution is -2.56. The van der Waals surface area contributed by atoms with E-state index in [4.69, 9.17) is 9.47 Å². The number of hydrogen-bond donors (Lipinski definition) is 1. The Bertz CT molecular complexity index is 811. The van der Waals surface area contributed by atoms with Crippen LogP contribution in [0.15, 0.2) is 4.60 Å². The van der Waals surface area contributed by atoms with Crippen LogP contribution in [-0.2, 0) is 20.8 Å². The number of ether oxygens (including phenoxy) is 2. The highest BCUT2D eigenvalue weighted by Gasteiger charge is 2.52. The third-order valence-electron chi connectivity index (χ3n) is 6.07. The molecule has 0 amide bonds. The zero-order chi connectivity index (χ0) is 23.0. The molecular weight excluding hydrogens is 484 g/mol. The van der Waals surface area contributed by atoms with Gasteiger partial charge in [-0.1, -0.05) is 0 Å². The standard InChI is InChI=1S/C21H33BrN4O4S/c1-7-29-19(27)15-18(23-13(2)17(22)24-15)26-10-8-21(9-11-26)12-30-14(3)16(21)25-31(28)20(4,5)6/h14,16,25H,7-12H2,1-6H3/t14-,16-,31?/m0/s1. The minimum Gasteiger partial charge on any atom is -0.598 e. The first-order chi connectivity index (χ1) is 14.5. The predicted octanol–water partition coefficient (Wildman–Crippen LogP) is 3.15. The molecule has 2 aliphatic rings. The van der Waals surface area contributed by atoms with Gasteiger partial charge in [0.05, 0.1) is 31.1 Å². The van der Waals surface area contributed by atoms with Crippen molar-refractivity contribution in [1.82, 2.24) is 14.7 Å². The first kappa shape index (κ1) is 24.7. The third-order valence-corrected chi connectivity index (χ3v) is 8.41. The molecule has 8 nitrogen and oxygen atoms in total. The Labute approximate surface area is 196 Å². The number of nitrogens with one attached hydrogen (secondary N) is 1. The first-order valence-electron chi connectivity index (χ1n) is 10.7. The van der Waals surface area contributed by atoms with Gasteiger partial charge in [0.2, 0.25) is 0 Å². The lowest BCUT2D eigenvalue weighted by Gasteiger charge is -2.43. The summed E-state index contributed by atoms with van der Waals surface area (Å²) >= 11 is 2.20. The summed E-state index contributed by atoms with van der Waals surface area (Å²) in [6.07, 6.45) is 1.67. The van der Waals surface area contributed by atoms with Crippen molar-refractivity contribution in [3.05, 3.63) is 16.0 Å². The van der Waals surface area contributed by atoms with Crippen molar-refractivity contribution in [2.45, 2.75) is 71.3 Å². The van der Waals surface area contributed by atoms with Crippen LogP contribution in [0.3, 0.4) is 0 Å². The van der Waals surface area contributed by atoms with E-state index in [1.165, 1.54) is 0 Å². The topological polar surface area (TPSA) is 99.6 Å². The molecule has 0 saturated carbocycles. The highest BCUT2D eigenvalue weighted by Crippen LogP contribution is 2.44. The molecule has 2 saturated heterocycles. The molecule has 3 rings (SSSR count). The minimum atomic E-state index is -1.17. The number of anilines is 1. The van der Waals surface area contributed by atoms with Crippen molar-refractivity contribution in [2.75, 3.05) is 31.2 Å². The normalized spacial score (nSPS) is 24.5. The Balaban J connectivity index is 1.80. The fourth-order valence-electron chi connectivity index (χ4n) is 4.16. The van der Waals surface area contributed by atoms with Crippen molar-refractivity contribution >= 4 is 39.1 Å². The fraction of sp³-hybridized carbons (Fsp3) is 0.762. The summed E-state index contributed by atoms with van der Waals surface area (Å²) in [5.74, 6) is 0.0904. The molecule has 0 aromatic carbocycles. The number of nitrogens with zero attached hydrogens (tertiary/aromatic N) is 3. The van der Waals surface area contributed by atoms with Crippen molar-refractivity contribution < 1.29 is 18.8 Å². The highest BCUT2D eigenvalue weighted by molar-refractivity contribution is 9.10. The second-order valence-corrected chi connectivity index (χ2v) is 12.1. The number of aryl methyl sites for hydroxylation is 1. The molecule has 0 aliphatic carbocycles. The van der Waals surface area contributed by atoms with Gasteiger partial charge in [-0.3, -0.25) is 0 Å². The van der Waals surface area contributed by atoms with Crippen LogP contribution in [0.1, 0.15) is 63.6 Å². The van der Waals surface area contributed by atoms with E-state index in [2.05, 4.69) is 35.5 Å². The van der Waals surface area contributed by atoms with E-state index < -0.39 is 17.3 Å². The molecule has 0 bridgehead atoms. The second kappa shape index (κ2) is 9.51. The summed E-state index contributed by atoms with van der Waals surface area (Å²) in [7, 11) is 0. The summed E-state index contributed by atoms with van der Waals surface area (Å²) in [6, 6.07) is 0.0111. The lowest BCUT2D eigenvalue weighted by atomic mass is 9.73.